The molecule has 0 saturated carbocycles. The van der Waals surface area contributed by atoms with Crippen LogP contribution >= 0.6 is 11.6 Å². The zero-order valence-corrected chi connectivity index (χ0v) is 12.5. The van der Waals surface area contributed by atoms with E-state index < -0.39 is 0 Å². The average Bonchev–Trinajstić information content (AvgIpc) is 2.44. The molecule has 0 aliphatic carbocycles. The maximum absolute atomic E-state index is 11.6. The van der Waals surface area contributed by atoms with Crippen molar-refractivity contribution < 1.29 is 9.59 Å². The van der Waals surface area contributed by atoms with E-state index in [1.807, 2.05) is 26.0 Å². The molecule has 5 nitrogen and oxygen atoms in total. The lowest BCUT2D eigenvalue weighted by Crippen LogP contribution is -2.44. The number of nitrogens with one attached hydrogen (secondary N) is 3. The van der Waals surface area contributed by atoms with Gasteiger partial charge in [-0.3, -0.25) is 4.79 Å². The van der Waals surface area contributed by atoms with E-state index >= 15 is 0 Å². The first-order valence-electron chi connectivity index (χ1n) is 6.56. The Kier molecular flexibility index (Phi) is 6.87. The fraction of sp³-hybridized carbons (Fsp3) is 0.429. The molecule has 1 aromatic rings. The van der Waals surface area contributed by atoms with Gasteiger partial charge in [-0.05, 0) is 31.0 Å². The summed E-state index contributed by atoms with van der Waals surface area (Å²) >= 11 is 5.77. The van der Waals surface area contributed by atoms with Crippen molar-refractivity contribution in [2.24, 2.45) is 0 Å². The highest BCUT2D eigenvalue weighted by Crippen LogP contribution is 2.08. The van der Waals surface area contributed by atoms with Crippen LogP contribution in [0.4, 0.5) is 4.79 Å². The number of urea groups is 1. The fourth-order valence-electron chi connectivity index (χ4n) is 1.40. The number of carbonyl (C=O) groups excluding carboxylic acids is 2. The van der Waals surface area contributed by atoms with Gasteiger partial charge in [0.05, 0.1) is 6.54 Å². The summed E-state index contributed by atoms with van der Waals surface area (Å²) in [5.41, 5.74) is 0.951. The third-order valence-electron chi connectivity index (χ3n) is 2.80. The molecule has 1 rings (SSSR count). The second-order valence-corrected chi connectivity index (χ2v) is 4.98. The van der Waals surface area contributed by atoms with Crippen molar-refractivity contribution >= 4 is 23.5 Å². The quantitative estimate of drug-likeness (QED) is 0.752. The lowest BCUT2D eigenvalue weighted by Gasteiger charge is -2.12. The second kappa shape index (κ2) is 8.43. The topological polar surface area (TPSA) is 70.2 Å². The van der Waals surface area contributed by atoms with Gasteiger partial charge in [-0.1, -0.05) is 30.7 Å². The van der Waals surface area contributed by atoms with Crippen LogP contribution in [0.3, 0.4) is 0 Å². The summed E-state index contributed by atoms with van der Waals surface area (Å²) in [7, 11) is 0. The minimum absolute atomic E-state index is 0.0458. The molecular formula is C14H20ClN3O2. The molecule has 6 heteroatoms. The molecule has 0 aliphatic rings. The number of halogens is 1. The molecule has 1 atom stereocenters. The zero-order valence-electron chi connectivity index (χ0n) is 11.7. The van der Waals surface area contributed by atoms with Crippen molar-refractivity contribution in [2.45, 2.75) is 32.9 Å². The van der Waals surface area contributed by atoms with Crippen molar-refractivity contribution in [3.8, 4) is 0 Å². The minimum atomic E-state index is -0.332. The number of carbonyl (C=O) groups is 2. The number of rotatable bonds is 6. The normalized spacial score (nSPS) is 11.6. The van der Waals surface area contributed by atoms with Gasteiger partial charge in [0.1, 0.15) is 0 Å². The molecule has 3 N–H and O–H groups in total. The van der Waals surface area contributed by atoms with Gasteiger partial charge < -0.3 is 16.0 Å². The third kappa shape index (κ3) is 6.43. The van der Waals surface area contributed by atoms with Gasteiger partial charge in [-0.2, -0.15) is 0 Å². The van der Waals surface area contributed by atoms with Crippen LogP contribution in [0.1, 0.15) is 25.8 Å². The van der Waals surface area contributed by atoms with Crippen LogP contribution in [0, 0.1) is 0 Å². The number of hydrogen-bond donors (Lipinski definition) is 3. The van der Waals surface area contributed by atoms with Gasteiger partial charge in [-0.15, -0.1) is 0 Å². The second-order valence-electron chi connectivity index (χ2n) is 4.54. The standard InChI is InChI=1S/C14H20ClN3O2/c1-3-10(2)18-14(20)17-9-13(19)16-8-11-4-6-12(15)7-5-11/h4-7,10H,3,8-9H2,1-2H3,(H,16,19)(H2,17,18,20). The summed E-state index contributed by atoms with van der Waals surface area (Å²) in [4.78, 5) is 23.0. The molecule has 110 valence electrons. The van der Waals surface area contributed by atoms with Crippen LogP contribution in [0.15, 0.2) is 24.3 Å². The predicted molar refractivity (Wildman–Crippen MR) is 79.6 cm³/mol. The zero-order chi connectivity index (χ0) is 15.0. The molecule has 0 bridgehead atoms. The summed E-state index contributed by atoms with van der Waals surface area (Å²) in [6, 6.07) is 6.96. The molecule has 20 heavy (non-hydrogen) atoms. The maximum atomic E-state index is 11.6. The van der Waals surface area contributed by atoms with Crippen LogP contribution in [0.2, 0.25) is 5.02 Å². The average molecular weight is 298 g/mol. The van der Waals surface area contributed by atoms with Gasteiger partial charge in [0.25, 0.3) is 0 Å². The Morgan fingerprint density at radius 3 is 2.45 bits per heavy atom. The Hall–Kier alpha value is -1.75. The number of amides is 3. The number of benzene rings is 1. The van der Waals surface area contributed by atoms with Crippen molar-refractivity contribution in [1.29, 1.82) is 0 Å². The minimum Gasteiger partial charge on any atom is -0.350 e. The van der Waals surface area contributed by atoms with E-state index in [9.17, 15) is 9.59 Å². The molecule has 0 spiro atoms. The third-order valence-corrected chi connectivity index (χ3v) is 3.05. The summed E-state index contributed by atoms with van der Waals surface area (Å²) < 4.78 is 0. The van der Waals surface area contributed by atoms with E-state index in [0.717, 1.165) is 12.0 Å². The first kappa shape index (κ1) is 16.3. The van der Waals surface area contributed by atoms with Gasteiger partial charge >= 0.3 is 6.03 Å². The van der Waals surface area contributed by atoms with Gasteiger partial charge in [0.15, 0.2) is 0 Å². The van der Waals surface area contributed by atoms with E-state index in [1.54, 1.807) is 12.1 Å². The Bertz CT molecular complexity index is 448. The van der Waals surface area contributed by atoms with Crippen LogP contribution in [0.5, 0.6) is 0 Å². The van der Waals surface area contributed by atoms with Crippen molar-refractivity contribution in [3.63, 3.8) is 0 Å². The molecule has 0 heterocycles. The predicted octanol–water partition coefficient (Wildman–Crippen LogP) is 2.05. The van der Waals surface area contributed by atoms with Gasteiger partial charge in [0, 0.05) is 17.6 Å². The Labute approximate surface area is 124 Å². The summed E-state index contributed by atoms with van der Waals surface area (Å²) in [5.74, 6) is -0.237. The molecule has 0 aliphatic heterocycles. The SMILES string of the molecule is CCC(C)NC(=O)NCC(=O)NCc1ccc(Cl)cc1. The van der Waals surface area contributed by atoms with Crippen molar-refractivity contribution in [2.75, 3.05) is 6.54 Å². The molecule has 1 unspecified atom stereocenters. The van der Waals surface area contributed by atoms with Gasteiger partial charge in [-0.25, -0.2) is 4.79 Å². The van der Waals surface area contributed by atoms with E-state index in [1.165, 1.54) is 0 Å². The van der Waals surface area contributed by atoms with Crippen LogP contribution in [0.25, 0.3) is 0 Å². The maximum Gasteiger partial charge on any atom is 0.315 e. The molecule has 1 aromatic carbocycles. The fourth-order valence-corrected chi connectivity index (χ4v) is 1.53. The highest BCUT2D eigenvalue weighted by atomic mass is 35.5. The Morgan fingerprint density at radius 1 is 1.20 bits per heavy atom. The molecule has 0 aromatic heterocycles. The highest BCUT2D eigenvalue weighted by Gasteiger charge is 2.07. The van der Waals surface area contributed by atoms with Crippen molar-refractivity contribution in [3.05, 3.63) is 34.9 Å². The molecule has 3 amide bonds. The largest absolute Gasteiger partial charge is 0.350 e. The number of hydrogen-bond acceptors (Lipinski definition) is 2. The van der Waals surface area contributed by atoms with E-state index in [2.05, 4.69) is 16.0 Å². The van der Waals surface area contributed by atoms with Crippen molar-refractivity contribution in [1.82, 2.24) is 16.0 Å². The summed E-state index contributed by atoms with van der Waals surface area (Å²) in [6.07, 6.45) is 0.843. The van der Waals surface area contributed by atoms with Crippen LogP contribution in [-0.2, 0) is 11.3 Å². The summed E-state index contributed by atoms with van der Waals surface area (Å²) in [6.45, 7) is 4.24. The Balaban J connectivity index is 2.23. The molecule has 0 fully saturated rings. The Morgan fingerprint density at radius 2 is 1.85 bits per heavy atom. The first-order chi connectivity index (χ1) is 9.51. The smallest absolute Gasteiger partial charge is 0.315 e. The van der Waals surface area contributed by atoms with E-state index in [-0.39, 0.29) is 24.5 Å². The lowest BCUT2D eigenvalue weighted by molar-refractivity contribution is -0.120. The highest BCUT2D eigenvalue weighted by molar-refractivity contribution is 6.30. The molecular weight excluding hydrogens is 278 g/mol. The first-order valence-corrected chi connectivity index (χ1v) is 6.94. The van der Waals surface area contributed by atoms with Gasteiger partial charge in [0.2, 0.25) is 5.91 Å². The molecule has 0 saturated heterocycles. The van der Waals surface area contributed by atoms with E-state index in [4.69, 9.17) is 11.6 Å². The van der Waals surface area contributed by atoms with Crippen LogP contribution < -0.4 is 16.0 Å². The summed E-state index contributed by atoms with van der Waals surface area (Å²) in [5, 5.41) is 8.60. The monoisotopic (exact) mass is 297 g/mol. The lowest BCUT2D eigenvalue weighted by atomic mass is 10.2. The van der Waals surface area contributed by atoms with E-state index in [0.29, 0.717) is 11.6 Å². The molecule has 0 radical (unpaired) electrons. The van der Waals surface area contributed by atoms with Crippen LogP contribution in [-0.4, -0.2) is 24.5 Å².